The van der Waals surface area contributed by atoms with Crippen molar-refractivity contribution in [3.05, 3.63) is 35.4 Å². The van der Waals surface area contributed by atoms with Gasteiger partial charge in [-0.2, -0.15) is 0 Å². The lowest BCUT2D eigenvalue weighted by Crippen LogP contribution is -2.45. The maximum absolute atomic E-state index is 12.3. The van der Waals surface area contributed by atoms with E-state index in [0.717, 1.165) is 31.4 Å². The first-order chi connectivity index (χ1) is 10.1. The molecular weight excluding hydrogens is 266 g/mol. The van der Waals surface area contributed by atoms with Crippen molar-refractivity contribution in [2.75, 3.05) is 13.6 Å². The summed E-state index contributed by atoms with van der Waals surface area (Å²) in [5, 5.41) is 8.74. The molecule has 2 amide bonds. The molecule has 1 fully saturated rings. The van der Waals surface area contributed by atoms with Crippen LogP contribution in [0.15, 0.2) is 24.3 Å². The van der Waals surface area contributed by atoms with Gasteiger partial charge in [0.25, 0.3) is 5.91 Å². The Balaban J connectivity index is 1.96. The van der Waals surface area contributed by atoms with Crippen molar-refractivity contribution in [1.29, 1.82) is 0 Å². The second-order valence-corrected chi connectivity index (χ2v) is 5.49. The van der Waals surface area contributed by atoms with Crippen molar-refractivity contribution in [3.8, 4) is 0 Å². The molecule has 21 heavy (non-hydrogen) atoms. The van der Waals surface area contributed by atoms with Crippen LogP contribution in [0.5, 0.6) is 0 Å². The van der Waals surface area contributed by atoms with Gasteiger partial charge in [0.15, 0.2) is 0 Å². The molecule has 3 N–H and O–H groups in total. The number of benzene rings is 1. The minimum atomic E-state index is -0.518. The van der Waals surface area contributed by atoms with Crippen molar-refractivity contribution >= 4 is 11.8 Å². The molecule has 5 nitrogen and oxygen atoms in total. The summed E-state index contributed by atoms with van der Waals surface area (Å²) < 4.78 is 0. The molecule has 0 spiro atoms. The Morgan fingerprint density at radius 2 is 2.00 bits per heavy atom. The average Bonchev–Trinajstić information content (AvgIpc) is 3.29. The summed E-state index contributed by atoms with van der Waals surface area (Å²) >= 11 is 0. The summed E-state index contributed by atoms with van der Waals surface area (Å²) in [6.07, 6.45) is 2.86. The standard InChI is InChI=1S/C16H23N3O2/c1-11(15(20)19-13-7-8-13)18-16(21)14-6-4-3-5-12(14)9-10-17-2/h3-6,11,13,17H,7-10H2,1-2H3,(H,18,21)(H,19,20). The lowest BCUT2D eigenvalue weighted by Gasteiger charge is -2.15. The zero-order valence-electron chi connectivity index (χ0n) is 12.6. The van der Waals surface area contributed by atoms with Crippen molar-refractivity contribution in [2.24, 2.45) is 0 Å². The van der Waals surface area contributed by atoms with Gasteiger partial charge in [-0.05, 0) is 51.4 Å². The largest absolute Gasteiger partial charge is 0.352 e. The van der Waals surface area contributed by atoms with E-state index in [1.54, 1.807) is 13.0 Å². The van der Waals surface area contributed by atoms with Crippen LogP contribution in [0, 0.1) is 0 Å². The fourth-order valence-corrected chi connectivity index (χ4v) is 2.11. The minimum Gasteiger partial charge on any atom is -0.352 e. The van der Waals surface area contributed by atoms with Gasteiger partial charge in [0, 0.05) is 11.6 Å². The first kappa shape index (κ1) is 15.5. The molecule has 2 rings (SSSR count). The molecule has 1 aliphatic rings. The lowest BCUT2D eigenvalue weighted by molar-refractivity contribution is -0.122. The molecular formula is C16H23N3O2. The summed E-state index contributed by atoms with van der Waals surface area (Å²) in [5.74, 6) is -0.307. The summed E-state index contributed by atoms with van der Waals surface area (Å²) in [6.45, 7) is 2.52. The van der Waals surface area contributed by atoms with Gasteiger partial charge in [-0.3, -0.25) is 9.59 Å². The number of rotatable bonds is 7. The monoisotopic (exact) mass is 289 g/mol. The van der Waals surface area contributed by atoms with Gasteiger partial charge in [0.2, 0.25) is 5.91 Å². The van der Waals surface area contributed by atoms with E-state index >= 15 is 0 Å². The summed E-state index contributed by atoms with van der Waals surface area (Å²) in [7, 11) is 1.88. The Hall–Kier alpha value is -1.88. The molecule has 1 saturated carbocycles. The van der Waals surface area contributed by atoms with E-state index in [2.05, 4.69) is 16.0 Å². The normalized spacial score (nSPS) is 15.3. The Bertz CT molecular complexity index is 512. The summed E-state index contributed by atoms with van der Waals surface area (Å²) in [4.78, 5) is 24.2. The zero-order valence-corrected chi connectivity index (χ0v) is 12.6. The fourth-order valence-electron chi connectivity index (χ4n) is 2.11. The van der Waals surface area contributed by atoms with Crippen molar-refractivity contribution < 1.29 is 9.59 Å². The molecule has 1 aromatic carbocycles. The molecule has 114 valence electrons. The van der Waals surface area contributed by atoms with Gasteiger partial charge >= 0.3 is 0 Å². The third-order valence-corrected chi connectivity index (χ3v) is 3.57. The van der Waals surface area contributed by atoms with Gasteiger partial charge in [0.05, 0.1) is 0 Å². The second-order valence-electron chi connectivity index (χ2n) is 5.49. The van der Waals surface area contributed by atoms with Gasteiger partial charge < -0.3 is 16.0 Å². The van der Waals surface area contributed by atoms with Crippen LogP contribution in [-0.4, -0.2) is 37.5 Å². The van der Waals surface area contributed by atoms with Crippen LogP contribution in [0.25, 0.3) is 0 Å². The fraction of sp³-hybridized carbons (Fsp3) is 0.500. The molecule has 1 aromatic rings. The number of likely N-dealkylation sites (N-methyl/N-ethyl adjacent to an activating group) is 1. The van der Waals surface area contributed by atoms with Gasteiger partial charge in [0.1, 0.15) is 6.04 Å². The quantitative estimate of drug-likeness (QED) is 0.697. The lowest BCUT2D eigenvalue weighted by atomic mass is 10.0. The average molecular weight is 289 g/mol. The Kier molecular flexibility index (Phi) is 5.33. The van der Waals surface area contributed by atoms with Gasteiger partial charge in [-0.1, -0.05) is 18.2 Å². The van der Waals surface area contributed by atoms with Crippen molar-refractivity contribution in [1.82, 2.24) is 16.0 Å². The molecule has 0 radical (unpaired) electrons. The number of amides is 2. The molecule has 0 aliphatic heterocycles. The number of carbonyl (C=O) groups excluding carboxylic acids is 2. The number of carbonyl (C=O) groups is 2. The summed E-state index contributed by atoms with van der Waals surface area (Å²) in [5.41, 5.74) is 1.62. The van der Waals surface area contributed by atoms with E-state index in [4.69, 9.17) is 0 Å². The van der Waals surface area contributed by atoms with Crippen LogP contribution < -0.4 is 16.0 Å². The van der Waals surface area contributed by atoms with Crippen LogP contribution in [0.2, 0.25) is 0 Å². The first-order valence-corrected chi connectivity index (χ1v) is 7.45. The number of nitrogens with one attached hydrogen (secondary N) is 3. The topological polar surface area (TPSA) is 70.2 Å². The molecule has 0 aromatic heterocycles. The SMILES string of the molecule is CNCCc1ccccc1C(=O)NC(C)C(=O)NC1CC1. The van der Waals surface area contributed by atoms with Crippen LogP contribution in [0.3, 0.4) is 0 Å². The highest BCUT2D eigenvalue weighted by atomic mass is 16.2. The Morgan fingerprint density at radius 1 is 1.29 bits per heavy atom. The number of hydrogen-bond donors (Lipinski definition) is 3. The van der Waals surface area contributed by atoms with Crippen LogP contribution >= 0.6 is 0 Å². The van der Waals surface area contributed by atoms with E-state index in [1.165, 1.54) is 0 Å². The predicted molar refractivity (Wildman–Crippen MR) is 82.2 cm³/mol. The highest BCUT2D eigenvalue weighted by molar-refractivity contribution is 5.98. The predicted octanol–water partition coefficient (Wildman–Crippen LogP) is 0.845. The van der Waals surface area contributed by atoms with Crippen LogP contribution in [-0.2, 0) is 11.2 Å². The minimum absolute atomic E-state index is 0.112. The molecule has 0 saturated heterocycles. The summed E-state index contributed by atoms with van der Waals surface area (Å²) in [6, 6.07) is 7.29. The van der Waals surface area contributed by atoms with Crippen molar-refractivity contribution in [3.63, 3.8) is 0 Å². The maximum atomic E-state index is 12.3. The molecule has 1 unspecified atom stereocenters. The first-order valence-electron chi connectivity index (χ1n) is 7.45. The molecule has 1 aliphatic carbocycles. The van der Waals surface area contributed by atoms with E-state index in [-0.39, 0.29) is 11.8 Å². The molecule has 0 heterocycles. The zero-order chi connectivity index (χ0) is 15.2. The Morgan fingerprint density at radius 3 is 2.67 bits per heavy atom. The highest BCUT2D eigenvalue weighted by Gasteiger charge is 2.26. The van der Waals surface area contributed by atoms with E-state index < -0.39 is 6.04 Å². The van der Waals surface area contributed by atoms with Crippen LogP contribution in [0.4, 0.5) is 0 Å². The molecule has 5 heteroatoms. The van der Waals surface area contributed by atoms with E-state index in [1.807, 2.05) is 25.2 Å². The van der Waals surface area contributed by atoms with Gasteiger partial charge in [-0.15, -0.1) is 0 Å². The van der Waals surface area contributed by atoms with Crippen LogP contribution in [0.1, 0.15) is 35.7 Å². The molecule has 1 atom stereocenters. The molecule has 0 bridgehead atoms. The number of hydrogen-bond acceptors (Lipinski definition) is 3. The highest BCUT2D eigenvalue weighted by Crippen LogP contribution is 2.18. The van der Waals surface area contributed by atoms with Crippen molar-refractivity contribution in [2.45, 2.75) is 38.3 Å². The van der Waals surface area contributed by atoms with E-state index in [0.29, 0.717) is 11.6 Å². The second kappa shape index (κ2) is 7.22. The third kappa shape index (κ3) is 4.56. The Labute approximate surface area is 125 Å². The van der Waals surface area contributed by atoms with Gasteiger partial charge in [-0.25, -0.2) is 0 Å². The smallest absolute Gasteiger partial charge is 0.252 e. The van der Waals surface area contributed by atoms with E-state index in [9.17, 15) is 9.59 Å². The maximum Gasteiger partial charge on any atom is 0.252 e. The third-order valence-electron chi connectivity index (χ3n) is 3.57.